The molecule has 0 N–H and O–H groups in total. The third-order valence-corrected chi connectivity index (χ3v) is 4.44. The maximum absolute atomic E-state index is 11.5. The van der Waals surface area contributed by atoms with Crippen LogP contribution in [-0.4, -0.2) is 38.7 Å². The van der Waals surface area contributed by atoms with Gasteiger partial charge in [-0.1, -0.05) is 26.0 Å². The Hall–Kier alpha value is -1.72. The van der Waals surface area contributed by atoms with Crippen molar-refractivity contribution in [2.45, 2.75) is 33.1 Å². The lowest BCUT2D eigenvalue weighted by Gasteiger charge is -2.27. The van der Waals surface area contributed by atoms with Crippen LogP contribution in [0.25, 0.3) is 0 Å². The quantitative estimate of drug-likeness (QED) is 0.502. The molecule has 4 unspecified atom stereocenters. The van der Waals surface area contributed by atoms with E-state index in [1.54, 1.807) is 0 Å². The van der Waals surface area contributed by atoms with E-state index < -0.39 is 12.3 Å². The van der Waals surface area contributed by atoms with Gasteiger partial charge in [0.2, 0.25) is 0 Å². The van der Waals surface area contributed by atoms with E-state index in [-0.39, 0.29) is 11.8 Å². The third kappa shape index (κ3) is 4.88. The van der Waals surface area contributed by atoms with Gasteiger partial charge in [-0.2, -0.15) is 0 Å². The van der Waals surface area contributed by atoms with Gasteiger partial charge in [0.25, 0.3) is 0 Å². The minimum atomic E-state index is -0.624. The summed E-state index contributed by atoms with van der Waals surface area (Å²) in [4.78, 5) is 23.0. The molecular formula is C17H26O6. The highest BCUT2D eigenvalue weighted by molar-refractivity contribution is 5.60. The maximum Gasteiger partial charge on any atom is 0.508 e. The van der Waals surface area contributed by atoms with Gasteiger partial charge in [-0.05, 0) is 31.1 Å². The Morgan fingerprint density at radius 2 is 1.26 bits per heavy atom. The number of fused-ring (bicyclic) bond motifs is 2. The highest BCUT2D eigenvalue weighted by Crippen LogP contribution is 2.48. The van der Waals surface area contributed by atoms with E-state index in [1.165, 1.54) is 0 Å². The van der Waals surface area contributed by atoms with Crippen molar-refractivity contribution < 1.29 is 28.5 Å². The molecule has 2 rings (SSSR count). The molecule has 130 valence electrons. The fraction of sp³-hybridized carbons (Fsp3) is 0.765. The van der Waals surface area contributed by atoms with Crippen molar-refractivity contribution in [2.75, 3.05) is 26.4 Å². The van der Waals surface area contributed by atoms with Crippen LogP contribution in [-0.2, 0) is 18.9 Å². The van der Waals surface area contributed by atoms with Crippen LogP contribution in [0.15, 0.2) is 12.2 Å². The average Bonchev–Trinajstić information content (AvgIpc) is 3.15. The Kier molecular flexibility index (Phi) is 6.74. The van der Waals surface area contributed by atoms with Crippen molar-refractivity contribution in [1.82, 2.24) is 0 Å². The SMILES string of the molecule is CCCOC(=O)OCC1C2C=CC(C2)C1COC(=O)OCCC. The molecule has 2 bridgehead atoms. The highest BCUT2D eigenvalue weighted by Gasteiger charge is 2.45. The Balaban J connectivity index is 1.79. The van der Waals surface area contributed by atoms with Crippen molar-refractivity contribution in [3.8, 4) is 0 Å². The summed E-state index contributed by atoms with van der Waals surface area (Å²) in [5, 5.41) is 0. The molecule has 0 saturated heterocycles. The van der Waals surface area contributed by atoms with Crippen LogP contribution in [0, 0.1) is 23.7 Å². The van der Waals surface area contributed by atoms with Crippen molar-refractivity contribution in [3.63, 3.8) is 0 Å². The van der Waals surface area contributed by atoms with Gasteiger partial charge in [0.1, 0.15) is 0 Å². The molecule has 23 heavy (non-hydrogen) atoms. The largest absolute Gasteiger partial charge is 0.508 e. The van der Waals surface area contributed by atoms with Gasteiger partial charge in [0, 0.05) is 11.8 Å². The molecule has 0 amide bonds. The first-order valence-electron chi connectivity index (χ1n) is 8.43. The maximum atomic E-state index is 11.5. The summed E-state index contributed by atoms with van der Waals surface area (Å²) in [6.07, 6.45) is 5.64. The van der Waals surface area contributed by atoms with Crippen molar-refractivity contribution in [2.24, 2.45) is 23.7 Å². The zero-order chi connectivity index (χ0) is 16.7. The number of ether oxygens (including phenoxy) is 4. The van der Waals surface area contributed by atoms with Crippen molar-refractivity contribution in [3.05, 3.63) is 12.2 Å². The Bertz CT molecular complexity index is 395. The second-order valence-corrected chi connectivity index (χ2v) is 6.09. The number of allylic oxidation sites excluding steroid dienone is 2. The number of carbonyl (C=O) groups is 2. The molecule has 0 spiro atoms. The summed E-state index contributed by atoms with van der Waals surface area (Å²) in [6, 6.07) is 0. The second kappa shape index (κ2) is 8.79. The Morgan fingerprint density at radius 1 is 0.826 bits per heavy atom. The fourth-order valence-electron chi connectivity index (χ4n) is 3.30. The number of rotatable bonds is 8. The third-order valence-electron chi connectivity index (χ3n) is 4.44. The summed E-state index contributed by atoms with van der Waals surface area (Å²) < 4.78 is 20.3. The van der Waals surface area contributed by atoms with Crippen LogP contribution in [0.1, 0.15) is 33.1 Å². The van der Waals surface area contributed by atoms with E-state index in [0.29, 0.717) is 38.3 Å². The first kappa shape index (κ1) is 17.6. The zero-order valence-corrected chi connectivity index (χ0v) is 13.9. The second-order valence-electron chi connectivity index (χ2n) is 6.09. The lowest BCUT2D eigenvalue weighted by Crippen LogP contribution is -2.30. The molecule has 2 aliphatic rings. The fourth-order valence-corrected chi connectivity index (χ4v) is 3.30. The molecular weight excluding hydrogens is 300 g/mol. The molecule has 1 saturated carbocycles. The van der Waals surface area contributed by atoms with Crippen LogP contribution in [0.3, 0.4) is 0 Å². The lowest BCUT2D eigenvalue weighted by molar-refractivity contribution is 0.0114. The van der Waals surface area contributed by atoms with E-state index in [4.69, 9.17) is 18.9 Å². The van der Waals surface area contributed by atoms with Gasteiger partial charge in [0.05, 0.1) is 26.4 Å². The van der Waals surface area contributed by atoms with Gasteiger partial charge in [-0.15, -0.1) is 0 Å². The molecule has 6 heteroatoms. The monoisotopic (exact) mass is 326 g/mol. The molecule has 6 nitrogen and oxygen atoms in total. The van der Waals surface area contributed by atoms with E-state index in [1.807, 2.05) is 13.8 Å². The summed E-state index contributed by atoms with van der Waals surface area (Å²) >= 11 is 0. The van der Waals surface area contributed by atoms with E-state index >= 15 is 0 Å². The summed E-state index contributed by atoms with van der Waals surface area (Å²) in [5.74, 6) is 1.08. The molecule has 0 radical (unpaired) electrons. The normalized spacial score (nSPS) is 27.7. The molecule has 4 atom stereocenters. The molecule has 0 heterocycles. The first-order valence-corrected chi connectivity index (χ1v) is 8.43. The van der Waals surface area contributed by atoms with Crippen LogP contribution in [0.5, 0.6) is 0 Å². The Morgan fingerprint density at radius 3 is 1.65 bits per heavy atom. The number of hydrogen-bond acceptors (Lipinski definition) is 6. The predicted octanol–water partition coefficient (Wildman–Crippen LogP) is 3.55. The summed E-state index contributed by atoms with van der Waals surface area (Å²) in [7, 11) is 0. The number of carbonyl (C=O) groups excluding carboxylic acids is 2. The van der Waals surface area contributed by atoms with Crippen LogP contribution in [0.2, 0.25) is 0 Å². The van der Waals surface area contributed by atoms with E-state index in [9.17, 15) is 9.59 Å². The summed E-state index contributed by atoms with van der Waals surface area (Å²) in [5.41, 5.74) is 0. The van der Waals surface area contributed by atoms with Gasteiger partial charge >= 0.3 is 12.3 Å². The van der Waals surface area contributed by atoms with Crippen molar-refractivity contribution >= 4 is 12.3 Å². The molecule has 2 aliphatic carbocycles. The van der Waals surface area contributed by atoms with Crippen LogP contribution >= 0.6 is 0 Å². The molecule has 1 fully saturated rings. The Labute approximate surface area is 137 Å². The lowest BCUT2D eigenvalue weighted by atomic mass is 9.84. The number of hydrogen-bond donors (Lipinski definition) is 0. The molecule has 0 aromatic heterocycles. The van der Waals surface area contributed by atoms with Crippen LogP contribution in [0.4, 0.5) is 9.59 Å². The molecule has 0 aromatic carbocycles. The van der Waals surface area contributed by atoms with Gasteiger partial charge in [-0.3, -0.25) is 0 Å². The predicted molar refractivity (Wildman–Crippen MR) is 82.9 cm³/mol. The molecule has 0 aromatic rings. The van der Waals surface area contributed by atoms with E-state index in [0.717, 1.165) is 19.3 Å². The van der Waals surface area contributed by atoms with Gasteiger partial charge in [-0.25, -0.2) is 9.59 Å². The van der Waals surface area contributed by atoms with Gasteiger partial charge in [0.15, 0.2) is 0 Å². The highest BCUT2D eigenvalue weighted by atomic mass is 16.7. The van der Waals surface area contributed by atoms with E-state index in [2.05, 4.69) is 12.2 Å². The zero-order valence-electron chi connectivity index (χ0n) is 13.9. The minimum Gasteiger partial charge on any atom is -0.434 e. The molecule has 0 aliphatic heterocycles. The smallest absolute Gasteiger partial charge is 0.434 e. The average molecular weight is 326 g/mol. The first-order chi connectivity index (χ1) is 11.2. The van der Waals surface area contributed by atoms with Crippen LogP contribution < -0.4 is 0 Å². The topological polar surface area (TPSA) is 71.1 Å². The minimum absolute atomic E-state index is 0.165. The van der Waals surface area contributed by atoms with Crippen molar-refractivity contribution in [1.29, 1.82) is 0 Å². The summed E-state index contributed by atoms with van der Waals surface area (Å²) in [6.45, 7) is 5.19. The van der Waals surface area contributed by atoms with Gasteiger partial charge < -0.3 is 18.9 Å². The standard InChI is InChI=1S/C17H26O6/c1-3-7-20-16(18)22-10-14-12-5-6-13(9-12)15(14)11-23-17(19)21-8-4-2/h5-6,12-15H,3-4,7-11H2,1-2H3.